The van der Waals surface area contributed by atoms with E-state index in [1.807, 2.05) is 30.3 Å². The molecular formula is C18H15ClN2O3. The summed E-state index contributed by atoms with van der Waals surface area (Å²) in [5.41, 5.74) is 1.69. The van der Waals surface area contributed by atoms with Gasteiger partial charge < -0.3 is 14.6 Å². The van der Waals surface area contributed by atoms with Gasteiger partial charge in [0.1, 0.15) is 11.4 Å². The predicted octanol–water partition coefficient (Wildman–Crippen LogP) is 3.69. The van der Waals surface area contributed by atoms with Crippen LogP contribution >= 0.6 is 11.6 Å². The molecule has 0 aliphatic carbocycles. The molecule has 0 saturated heterocycles. The van der Waals surface area contributed by atoms with Crippen LogP contribution in [0.3, 0.4) is 0 Å². The van der Waals surface area contributed by atoms with Crippen LogP contribution in [0.15, 0.2) is 65.2 Å². The zero-order valence-electron chi connectivity index (χ0n) is 12.7. The van der Waals surface area contributed by atoms with E-state index in [4.69, 9.17) is 20.9 Å². The molecule has 24 heavy (non-hydrogen) atoms. The molecule has 0 unspecified atom stereocenters. The lowest BCUT2D eigenvalue weighted by atomic mass is 10.1. The van der Waals surface area contributed by atoms with Gasteiger partial charge in [-0.25, -0.2) is 0 Å². The van der Waals surface area contributed by atoms with Gasteiger partial charge in [0.15, 0.2) is 12.4 Å². The molecule has 6 heteroatoms. The summed E-state index contributed by atoms with van der Waals surface area (Å²) in [5.74, 6) is 0.771. The van der Waals surface area contributed by atoms with Crippen LogP contribution < -0.4 is 10.1 Å². The van der Waals surface area contributed by atoms with E-state index < -0.39 is 0 Å². The second-order valence-corrected chi connectivity index (χ2v) is 5.45. The number of nitrogens with one attached hydrogen (secondary N) is 1. The van der Waals surface area contributed by atoms with Crippen molar-refractivity contribution >= 4 is 17.5 Å². The number of benzene rings is 2. The van der Waals surface area contributed by atoms with E-state index >= 15 is 0 Å². The minimum atomic E-state index is -0.271. The van der Waals surface area contributed by atoms with Gasteiger partial charge in [-0.1, -0.05) is 59.2 Å². The lowest BCUT2D eigenvalue weighted by molar-refractivity contribution is -0.123. The van der Waals surface area contributed by atoms with Gasteiger partial charge in [-0.05, 0) is 12.1 Å². The second kappa shape index (κ2) is 7.66. The Hall–Kier alpha value is -2.79. The Morgan fingerprint density at radius 3 is 2.67 bits per heavy atom. The van der Waals surface area contributed by atoms with Gasteiger partial charge in [0.2, 0.25) is 0 Å². The number of aromatic nitrogens is 1. The van der Waals surface area contributed by atoms with Crippen molar-refractivity contribution in [2.45, 2.75) is 6.54 Å². The van der Waals surface area contributed by atoms with E-state index in [-0.39, 0.29) is 19.1 Å². The van der Waals surface area contributed by atoms with E-state index in [0.717, 1.165) is 11.3 Å². The molecule has 0 saturated carbocycles. The zero-order valence-corrected chi connectivity index (χ0v) is 13.5. The van der Waals surface area contributed by atoms with Crippen LogP contribution in [-0.2, 0) is 11.3 Å². The lowest BCUT2D eigenvalue weighted by Crippen LogP contribution is -2.28. The van der Waals surface area contributed by atoms with Crippen LogP contribution in [0.5, 0.6) is 5.75 Å². The van der Waals surface area contributed by atoms with Gasteiger partial charge in [0.25, 0.3) is 5.91 Å². The van der Waals surface area contributed by atoms with Crippen molar-refractivity contribution in [3.63, 3.8) is 0 Å². The third kappa shape index (κ3) is 4.14. The molecule has 1 N–H and O–H groups in total. The lowest BCUT2D eigenvalue weighted by Gasteiger charge is -2.07. The first-order valence-electron chi connectivity index (χ1n) is 7.37. The molecule has 5 nitrogen and oxygen atoms in total. The van der Waals surface area contributed by atoms with Crippen molar-refractivity contribution < 1.29 is 14.1 Å². The fourth-order valence-corrected chi connectivity index (χ4v) is 2.27. The highest BCUT2D eigenvalue weighted by Crippen LogP contribution is 2.23. The van der Waals surface area contributed by atoms with Crippen molar-refractivity contribution in [2.75, 3.05) is 6.61 Å². The third-order valence-electron chi connectivity index (χ3n) is 3.28. The Bertz CT molecular complexity index is 818. The minimum Gasteiger partial charge on any atom is -0.482 e. The second-order valence-electron chi connectivity index (χ2n) is 5.04. The average Bonchev–Trinajstić information content (AvgIpc) is 3.09. The summed E-state index contributed by atoms with van der Waals surface area (Å²) >= 11 is 5.96. The van der Waals surface area contributed by atoms with E-state index in [9.17, 15) is 4.79 Å². The number of amides is 1. The summed E-state index contributed by atoms with van der Waals surface area (Å²) in [6.07, 6.45) is 0. The average molecular weight is 343 g/mol. The van der Waals surface area contributed by atoms with E-state index in [1.165, 1.54) is 0 Å². The molecule has 0 fully saturated rings. The zero-order chi connectivity index (χ0) is 16.8. The summed E-state index contributed by atoms with van der Waals surface area (Å²) in [7, 11) is 0. The first-order chi connectivity index (χ1) is 11.7. The van der Waals surface area contributed by atoms with Crippen molar-refractivity contribution in [1.82, 2.24) is 10.5 Å². The van der Waals surface area contributed by atoms with Gasteiger partial charge in [0, 0.05) is 11.6 Å². The Kier molecular flexibility index (Phi) is 5.13. The summed E-state index contributed by atoms with van der Waals surface area (Å²) in [6.45, 7) is 0.119. The van der Waals surface area contributed by atoms with Gasteiger partial charge in [-0.15, -0.1) is 0 Å². The topological polar surface area (TPSA) is 64.4 Å². The van der Waals surface area contributed by atoms with Gasteiger partial charge >= 0.3 is 0 Å². The highest BCUT2D eigenvalue weighted by Gasteiger charge is 2.09. The van der Waals surface area contributed by atoms with Crippen LogP contribution in [0.4, 0.5) is 0 Å². The molecule has 1 aromatic heterocycles. The van der Waals surface area contributed by atoms with Gasteiger partial charge in [-0.2, -0.15) is 0 Å². The molecule has 3 aromatic rings. The van der Waals surface area contributed by atoms with E-state index in [1.54, 1.807) is 30.3 Å². The first kappa shape index (κ1) is 16.1. The van der Waals surface area contributed by atoms with Crippen molar-refractivity contribution in [1.29, 1.82) is 0 Å². The SMILES string of the molecule is O=C(COc1ccccc1Cl)NCc1cc(-c2ccccc2)no1. The highest BCUT2D eigenvalue weighted by atomic mass is 35.5. The summed E-state index contributed by atoms with van der Waals surface area (Å²) in [5, 5.41) is 7.17. The molecule has 0 bridgehead atoms. The number of carbonyl (C=O) groups is 1. The van der Waals surface area contributed by atoms with Crippen molar-refractivity contribution in [3.8, 4) is 17.0 Å². The summed E-state index contributed by atoms with van der Waals surface area (Å²) < 4.78 is 10.6. The summed E-state index contributed by atoms with van der Waals surface area (Å²) in [4.78, 5) is 11.8. The van der Waals surface area contributed by atoms with Crippen LogP contribution in [0.2, 0.25) is 5.02 Å². The monoisotopic (exact) mass is 342 g/mol. The fourth-order valence-electron chi connectivity index (χ4n) is 2.08. The Balaban J connectivity index is 1.50. The molecule has 122 valence electrons. The van der Waals surface area contributed by atoms with Gasteiger partial charge in [0.05, 0.1) is 11.6 Å². The molecular weight excluding hydrogens is 328 g/mol. The maximum atomic E-state index is 11.8. The number of halogens is 1. The maximum Gasteiger partial charge on any atom is 0.258 e. The third-order valence-corrected chi connectivity index (χ3v) is 3.60. The molecule has 3 rings (SSSR count). The molecule has 0 radical (unpaired) electrons. The van der Waals surface area contributed by atoms with Crippen LogP contribution in [0, 0.1) is 0 Å². The smallest absolute Gasteiger partial charge is 0.258 e. The first-order valence-corrected chi connectivity index (χ1v) is 7.75. The molecule has 0 aliphatic rings. The molecule has 2 aromatic carbocycles. The largest absolute Gasteiger partial charge is 0.482 e. The number of para-hydroxylation sites is 1. The van der Waals surface area contributed by atoms with E-state index in [2.05, 4.69) is 10.5 Å². The fraction of sp³-hybridized carbons (Fsp3) is 0.111. The molecule has 0 aliphatic heterocycles. The Morgan fingerprint density at radius 1 is 1.12 bits per heavy atom. The quantitative estimate of drug-likeness (QED) is 0.742. The number of rotatable bonds is 6. The Labute approximate surface area is 144 Å². The maximum absolute atomic E-state index is 11.8. The standard InChI is InChI=1S/C18H15ClN2O3/c19-15-8-4-5-9-17(15)23-12-18(22)20-11-14-10-16(21-24-14)13-6-2-1-3-7-13/h1-10H,11-12H2,(H,20,22). The predicted molar refractivity (Wildman–Crippen MR) is 90.7 cm³/mol. The number of hydrogen-bond donors (Lipinski definition) is 1. The Morgan fingerprint density at radius 2 is 1.88 bits per heavy atom. The van der Waals surface area contributed by atoms with Crippen LogP contribution in [0.1, 0.15) is 5.76 Å². The molecule has 1 heterocycles. The summed E-state index contributed by atoms with van der Waals surface area (Å²) in [6, 6.07) is 18.5. The van der Waals surface area contributed by atoms with Crippen LogP contribution in [-0.4, -0.2) is 17.7 Å². The van der Waals surface area contributed by atoms with Gasteiger partial charge in [-0.3, -0.25) is 4.79 Å². The molecule has 0 spiro atoms. The number of hydrogen-bond acceptors (Lipinski definition) is 4. The molecule has 1 amide bonds. The molecule has 0 atom stereocenters. The number of ether oxygens (including phenoxy) is 1. The van der Waals surface area contributed by atoms with E-state index in [0.29, 0.717) is 16.5 Å². The normalized spacial score (nSPS) is 10.4. The number of carbonyl (C=O) groups excluding carboxylic acids is 1. The van der Waals surface area contributed by atoms with Crippen LogP contribution in [0.25, 0.3) is 11.3 Å². The minimum absolute atomic E-state index is 0.122. The van der Waals surface area contributed by atoms with Crippen molar-refractivity contribution in [3.05, 3.63) is 71.4 Å². The van der Waals surface area contributed by atoms with Crippen molar-refractivity contribution in [2.24, 2.45) is 0 Å². The highest BCUT2D eigenvalue weighted by molar-refractivity contribution is 6.32. The number of nitrogens with zero attached hydrogens (tertiary/aromatic N) is 1.